The van der Waals surface area contributed by atoms with Crippen LogP contribution in [0.2, 0.25) is 0 Å². The largest absolute Gasteiger partial charge is 0.462 e. The highest BCUT2D eigenvalue weighted by Crippen LogP contribution is 2.29. The molecule has 0 unspecified atom stereocenters. The van der Waals surface area contributed by atoms with Gasteiger partial charge in [0, 0.05) is 0 Å². The number of nitrogen functional groups attached to an aromatic ring is 1. The smallest absolute Gasteiger partial charge is 0.338 e. The van der Waals surface area contributed by atoms with Crippen LogP contribution in [0, 0.1) is 11.7 Å². The minimum Gasteiger partial charge on any atom is -0.462 e. The van der Waals surface area contributed by atoms with E-state index in [-0.39, 0.29) is 5.69 Å². The molecular formula is C13H16FNO2. The molecule has 0 spiro atoms. The average Bonchev–Trinajstić information content (AvgIpc) is 2.25. The number of carbonyl (C=O) groups excluding carboxylic acids is 1. The molecule has 1 aliphatic carbocycles. The van der Waals surface area contributed by atoms with Gasteiger partial charge in [0.15, 0.2) is 0 Å². The number of rotatable bonds is 4. The highest BCUT2D eigenvalue weighted by molar-refractivity contribution is 5.90. The summed E-state index contributed by atoms with van der Waals surface area (Å²) >= 11 is 0. The van der Waals surface area contributed by atoms with Gasteiger partial charge in [-0.15, -0.1) is 0 Å². The normalized spacial score (nSPS) is 15.4. The second-order valence-electron chi connectivity index (χ2n) is 4.46. The molecule has 0 aliphatic heterocycles. The summed E-state index contributed by atoms with van der Waals surface area (Å²) in [4.78, 5) is 11.6. The fourth-order valence-electron chi connectivity index (χ4n) is 1.85. The van der Waals surface area contributed by atoms with E-state index in [4.69, 9.17) is 10.5 Å². The first-order valence-corrected chi connectivity index (χ1v) is 5.89. The van der Waals surface area contributed by atoms with Gasteiger partial charge in [-0.05, 0) is 30.5 Å². The molecule has 0 atom stereocenters. The average molecular weight is 237 g/mol. The predicted molar refractivity (Wildman–Crippen MR) is 63.1 cm³/mol. The standard InChI is InChI=1S/C13H16FNO2/c14-11-5-4-10(8-12(11)15)13(16)17-7-6-9-2-1-3-9/h4-5,8-9H,1-3,6-7,15H2. The van der Waals surface area contributed by atoms with Crippen LogP contribution in [0.25, 0.3) is 0 Å². The van der Waals surface area contributed by atoms with Gasteiger partial charge in [0.05, 0.1) is 17.9 Å². The van der Waals surface area contributed by atoms with E-state index >= 15 is 0 Å². The van der Waals surface area contributed by atoms with E-state index in [1.54, 1.807) is 0 Å². The van der Waals surface area contributed by atoms with Crippen LogP contribution in [-0.4, -0.2) is 12.6 Å². The topological polar surface area (TPSA) is 52.3 Å². The molecule has 92 valence electrons. The van der Waals surface area contributed by atoms with Gasteiger partial charge in [-0.25, -0.2) is 9.18 Å². The second kappa shape index (κ2) is 5.17. The molecule has 1 fully saturated rings. The van der Waals surface area contributed by atoms with E-state index in [0.717, 1.165) is 6.42 Å². The van der Waals surface area contributed by atoms with Crippen LogP contribution in [-0.2, 0) is 4.74 Å². The Morgan fingerprint density at radius 2 is 2.24 bits per heavy atom. The van der Waals surface area contributed by atoms with E-state index in [1.165, 1.54) is 37.5 Å². The number of halogens is 1. The molecule has 0 radical (unpaired) electrons. The van der Waals surface area contributed by atoms with Gasteiger partial charge in [-0.3, -0.25) is 0 Å². The van der Waals surface area contributed by atoms with Crippen molar-refractivity contribution in [1.29, 1.82) is 0 Å². The highest BCUT2D eigenvalue weighted by Gasteiger charge is 2.18. The zero-order chi connectivity index (χ0) is 12.3. The molecule has 17 heavy (non-hydrogen) atoms. The third-order valence-electron chi connectivity index (χ3n) is 3.22. The molecule has 0 amide bonds. The Morgan fingerprint density at radius 1 is 1.47 bits per heavy atom. The number of esters is 1. The maximum Gasteiger partial charge on any atom is 0.338 e. The first kappa shape index (κ1) is 11.9. The van der Waals surface area contributed by atoms with Gasteiger partial charge in [-0.1, -0.05) is 19.3 Å². The number of hydrogen-bond donors (Lipinski definition) is 1. The monoisotopic (exact) mass is 237 g/mol. The van der Waals surface area contributed by atoms with Crippen molar-refractivity contribution in [3.63, 3.8) is 0 Å². The van der Waals surface area contributed by atoms with E-state index in [9.17, 15) is 9.18 Å². The molecule has 3 nitrogen and oxygen atoms in total. The first-order valence-electron chi connectivity index (χ1n) is 5.89. The predicted octanol–water partition coefficient (Wildman–Crippen LogP) is 2.75. The fraction of sp³-hybridized carbons (Fsp3) is 0.462. The van der Waals surface area contributed by atoms with Crippen LogP contribution >= 0.6 is 0 Å². The Balaban J connectivity index is 1.83. The number of carbonyl (C=O) groups is 1. The minimum atomic E-state index is -0.518. The number of nitrogens with two attached hydrogens (primary N) is 1. The fourth-order valence-corrected chi connectivity index (χ4v) is 1.85. The maximum absolute atomic E-state index is 12.9. The Bertz CT molecular complexity index is 416. The van der Waals surface area contributed by atoms with Gasteiger partial charge >= 0.3 is 5.97 Å². The van der Waals surface area contributed by atoms with E-state index in [2.05, 4.69) is 0 Å². The van der Waals surface area contributed by atoms with Crippen molar-refractivity contribution < 1.29 is 13.9 Å². The molecule has 2 N–H and O–H groups in total. The lowest BCUT2D eigenvalue weighted by Crippen LogP contribution is -2.15. The molecular weight excluding hydrogens is 221 g/mol. The Morgan fingerprint density at radius 3 is 2.82 bits per heavy atom. The zero-order valence-corrected chi connectivity index (χ0v) is 9.62. The van der Waals surface area contributed by atoms with Crippen LogP contribution in [0.15, 0.2) is 18.2 Å². The molecule has 1 aromatic rings. The lowest BCUT2D eigenvalue weighted by Gasteiger charge is -2.24. The number of hydrogen-bond acceptors (Lipinski definition) is 3. The summed E-state index contributed by atoms with van der Waals surface area (Å²) in [5, 5.41) is 0. The van der Waals surface area contributed by atoms with E-state index < -0.39 is 11.8 Å². The first-order chi connectivity index (χ1) is 8.16. The Kier molecular flexibility index (Phi) is 3.61. The summed E-state index contributed by atoms with van der Waals surface area (Å²) in [6, 6.07) is 3.87. The molecule has 0 bridgehead atoms. The quantitative estimate of drug-likeness (QED) is 0.647. The maximum atomic E-state index is 12.9. The van der Waals surface area contributed by atoms with Crippen molar-refractivity contribution in [1.82, 2.24) is 0 Å². The van der Waals surface area contributed by atoms with Crippen LogP contribution in [0.4, 0.5) is 10.1 Å². The number of benzene rings is 1. The van der Waals surface area contributed by atoms with Crippen molar-refractivity contribution in [3.05, 3.63) is 29.6 Å². The summed E-state index contributed by atoms with van der Waals surface area (Å²) in [6.45, 7) is 0.431. The Labute approximate surface area is 99.8 Å². The summed E-state index contributed by atoms with van der Waals surface area (Å²) in [7, 11) is 0. The molecule has 0 aromatic heterocycles. The van der Waals surface area contributed by atoms with Gasteiger partial charge in [-0.2, -0.15) is 0 Å². The third-order valence-corrected chi connectivity index (χ3v) is 3.22. The zero-order valence-electron chi connectivity index (χ0n) is 9.62. The van der Waals surface area contributed by atoms with Crippen molar-refractivity contribution in [2.24, 2.45) is 5.92 Å². The SMILES string of the molecule is Nc1cc(C(=O)OCCC2CCC2)ccc1F. The molecule has 2 rings (SSSR count). The van der Waals surface area contributed by atoms with Gasteiger partial charge in [0.1, 0.15) is 5.82 Å². The van der Waals surface area contributed by atoms with Crippen LogP contribution in [0.5, 0.6) is 0 Å². The lowest BCUT2D eigenvalue weighted by atomic mass is 9.83. The van der Waals surface area contributed by atoms with Gasteiger partial charge in [0.2, 0.25) is 0 Å². The second-order valence-corrected chi connectivity index (χ2v) is 4.46. The van der Waals surface area contributed by atoms with Crippen LogP contribution in [0.1, 0.15) is 36.0 Å². The molecule has 1 aromatic carbocycles. The summed E-state index contributed by atoms with van der Waals surface area (Å²) in [5.74, 6) is -0.242. The van der Waals surface area contributed by atoms with Crippen molar-refractivity contribution >= 4 is 11.7 Å². The molecule has 1 aliphatic rings. The van der Waals surface area contributed by atoms with Crippen molar-refractivity contribution in [2.75, 3.05) is 12.3 Å². The minimum absolute atomic E-state index is 0.0292. The molecule has 1 saturated carbocycles. The lowest BCUT2D eigenvalue weighted by molar-refractivity contribution is 0.0464. The Hall–Kier alpha value is -1.58. The van der Waals surface area contributed by atoms with E-state index in [0.29, 0.717) is 18.1 Å². The summed E-state index contributed by atoms with van der Waals surface area (Å²) < 4.78 is 18.0. The third kappa shape index (κ3) is 2.96. The summed E-state index contributed by atoms with van der Waals surface area (Å²) in [5.41, 5.74) is 5.66. The number of ether oxygens (including phenoxy) is 1. The van der Waals surface area contributed by atoms with E-state index in [1.807, 2.05) is 0 Å². The molecule has 4 heteroatoms. The summed E-state index contributed by atoms with van der Waals surface area (Å²) in [6.07, 6.45) is 4.68. The van der Waals surface area contributed by atoms with Crippen LogP contribution < -0.4 is 5.73 Å². The van der Waals surface area contributed by atoms with Crippen molar-refractivity contribution in [3.8, 4) is 0 Å². The van der Waals surface area contributed by atoms with Crippen molar-refractivity contribution in [2.45, 2.75) is 25.7 Å². The van der Waals surface area contributed by atoms with Gasteiger partial charge < -0.3 is 10.5 Å². The molecule has 0 saturated heterocycles. The number of anilines is 1. The van der Waals surface area contributed by atoms with Crippen LogP contribution in [0.3, 0.4) is 0 Å². The van der Waals surface area contributed by atoms with Gasteiger partial charge in [0.25, 0.3) is 0 Å². The highest BCUT2D eigenvalue weighted by atomic mass is 19.1. The molecule has 0 heterocycles.